The van der Waals surface area contributed by atoms with E-state index in [-0.39, 0.29) is 22.4 Å². The third kappa shape index (κ3) is 3.64. The van der Waals surface area contributed by atoms with E-state index in [1.54, 1.807) is 11.8 Å². The van der Waals surface area contributed by atoms with Crippen LogP contribution in [0.5, 0.6) is 0 Å². The Balaban J connectivity index is 2.28. The minimum atomic E-state index is -3.96. The molecule has 0 aromatic heterocycles. The molecule has 8 nitrogen and oxygen atoms in total. The van der Waals surface area contributed by atoms with Gasteiger partial charge in [-0.3, -0.25) is 16.0 Å². The van der Waals surface area contributed by atoms with Crippen molar-refractivity contribution in [3.8, 4) is 0 Å². The molecule has 0 amide bonds. The fraction of sp³-hybridized carbons (Fsp3) is 0.455. The first-order chi connectivity index (χ1) is 9.95. The second-order valence-electron chi connectivity index (χ2n) is 4.54. The predicted molar refractivity (Wildman–Crippen MR) is 81.6 cm³/mol. The van der Waals surface area contributed by atoms with Crippen LogP contribution < -0.4 is 16.0 Å². The molecule has 21 heavy (non-hydrogen) atoms. The van der Waals surface area contributed by atoms with Crippen molar-refractivity contribution >= 4 is 33.2 Å². The summed E-state index contributed by atoms with van der Waals surface area (Å²) in [5, 5.41) is 11.3. The second-order valence-corrected chi connectivity index (χ2v) is 7.68. The summed E-state index contributed by atoms with van der Waals surface area (Å²) in [6.07, 6.45) is 2.00. The van der Waals surface area contributed by atoms with Crippen LogP contribution in [0.25, 0.3) is 0 Å². The maximum atomic E-state index is 12.3. The lowest BCUT2D eigenvalue weighted by molar-refractivity contribution is -0.386. The van der Waals surface area contributed by atoms with E-state index in [1.165, 1.54) is 18.2 Å². The molecule has 116 valence electrons. The molecule has 2 rings (SSSR count). The first-order valence-corrected chi connectivity index (χ1v) is 8.84. The minimum absolute atomic E-state index is 0.0434. The summed E-state index contributed by atoms with van der Waals surface area (Å²) < 4.78 is 27.0. The second kappa shape index (κ2) is 6.60. The van der Waals surface area contributed by atoms with Crippen molar-refractivity contribution in [2.45, 2.75) is 23.0 Å². The molecule has 1 unspecified atom stereocenters. The molecule has 10 heteroatoms. The van der Waals surface area contributed by atoms with Crippen LogP contribution in [-0.2, 0) is 10.0 Å². The van der Waals surface area contributed by atoms with Gasteiger partial charge in [-0.15, -0.1) is 0 Å². The molecule has 0 aliphatic carbocycles. The van der Waals surface area contributed by atoms with Gasteiger partial charge < -0.3 is 5.43 Å². The summed E-state index contributed by atoms with van der Waals surface area (Å²) in [6, 6.07) is 3.95. The van der Waals surface area contributed by atoms with E-state index < -0.39 is 20.6 Å². The number of hydrogen-bond donors (Lipinski definition) is 3. The Morgan fingerprint density at radius 3 is 2.81 bits per heavy atom. The number of sulfonamides is 1. The van der Waals surface area contributed by atoms with E-state index in [4.69, 9.17) is 5.84 Å². The minimum Gasteiger partial charge on any atom is -0.318 e. The van der Waals surface area contributed by atoms with Gasteiger partial charge in [0.25, 0.3) is 0 Å². The Labute approximate surface area is 126 Å². The number of nitrogens with one attached hydrogen (secondary N) is 2. The summed E-state index contributed by atoms with van der Waals surface area (Å²) in [5.41, 5.74) is 1.56. The fourth-order valence-corrected chi connectivity index (χ4v) is 4.71. The third-order valence-corrected chi connectivity index (χ3v) is 6.00. The van der Waals surface area contributed by atoms with Gasteiger partial charge in [0.2, 0.25) is 10.0 Å². The molecule has 0 saturated carbocycles. The SMILES string of the molecule is NNc1cccc(S(=O)(=O)NCC2CCCS2)c1[N+](=O)[O-]. The number of benzene rings is 1. The average Bonchev–Trinajstić information content (AvgIpc) is 2.97. The van der Waals surface area contributed by atoms with Crippen molar-refractivity contribution in [2.75, 3.05) is 17.7 Å². The van der Waals surface area contributed by atoms with Crippen molar-refractivity contribution in [1.82, 2.24) is 4.72 Å². The van der Waals surface area contributed by atoms with Gasteiger partial charge in [0.1, 0.15) is 5.69 Å². The van der Waals surface area contributed by atoms with Gasteiger partial charge in [0.15, 0.2) is 4.90 Å². The molecule has 1 aliphatic rings. The number of nitrogen functional groups attached to an aromatic ring is 1. The van der Waals surface area contributed by atoms with Gasteiger partial charge in [0, 0.05) is 11.8 Å². The first kappa shape index (κ1) is 16.0. The molecule has 0 bridgehead atoms. The topological polar surface area (TPSA) is 127 Å². The average molecular weight is 332 g/mol. The van der Waals surface area contributed by atoms with E-state index in [1.807, 2.05) is 0 Å². The van der Waals surface area contributed by atoms with Gasteiger partial charge in [-0.05, 0) is 30.7 Å². The van der Waals surface area contributed by atoms with E-state index in [0.29, 0.717) is 0 Å². The quantitative estimate of drug-likeness (QED) is 0.403. The molecule has 0 radical (unpaired) electrons. The molecule has 4 N–H and O–H groups in total. The highest BCUT2D eigenvalue weighted by Gasteiger charge is 2.29. The number of hydrogen-bond acceptors (Lipinski definition) is 7. The summed E-state index contributed by atoms with van der Waals surface area (Å²) in [6.45, 7) is 0.268. The van der Waals surface area contributed by atoms with E-state index in [2.05, 4.69) is 10.1 Å². The molecule has 1 aromatic rings. The summed E-state index contributed by atoms with van der Waals surface area (Å²) in [4.78, 5) is 9.98. The Hall–Kier alpha value is -1.36. The smallest absolute Gasteiger partial charge is 0.313 e. The zero-order valence-electron chi connectivity index (χ0n) is 11.1. The lowest BCUT2D eigenvalue weighted by Gasteiger charge is -2.12. The number of nitrogens with two attached hydrogens (primary N) is 1. The van der Waals surface area contributed by atoms with Crippen LogP contribution in [0.15, 0.2) is 23.1 Å². The largest absolute Gasteiger partial charge is 0.318 e. The summed E-state index contributed by atoms with van der Waals surface area (Å²) in [5.74, 6) is 6.21. The number of hydrazine groups is 1. The highest BCUT2D eigenvalue weighted by atomic mass is 32.2. The lowest BCUT2D eigenvalue weighted by atomic mass is 10.2. The van der Waals surface area contributed by atoms with Gasteiger partial charge >= 0.3 is 5.69 Å². The fourth-order valence-electron chi connectivity index (χ4n) is 2.13. The number of nitro benzene ring substituents is 1. The number of thioether (sulfide) groups is 1. The number of nitro groups is 1. The molecule has 1 aliphatic heterocycles. The Morgan fingerprint density at radius 1 is 1.48 bits per heavy atom. The number of rotatable bonds is 6. The molecular weight excluding hydrogens is 316 g/mol. The van der Waals surface area contributed by atoms with Crippen LogP contribution in [0, 0.1) is 10.1 Å². The Morgan fingerprint density at radius 2 is 2.24 bits per heavy atom. The van der Waals surface area contributed by atoms with Gasteiger partial charge in [-0.1, -0.05) is 6.07 Å². The molecule has 1 atom stereocenters. The number of nitrogens with zero attached hydrogens (tertiary/aromatic N) is 1. The molecule has 1 saturated heterocycles. The Bertz CT molecular complexity index is 629. The van der Waals surface area contributed by atoms with Crippen LogP contribution in [0.4, 0.5) is 11.4 Å². The van der Waals surface area contributed by atoms with E-state index in [0.717, 1.165) is 18.6 Å². The maximum absolute atomic E-state index is 12.3. The highest BCUT2D eigenvalue weighted by Crippen LogP contribution is 2.31. The normalized spacial score (nSPS) is 18.6. The zero-order valence-corrected chi connectivity index (χ0v) is 12.7. The lowest BCUT2D eigenvalue weighted by Crippen LogP contribution is -2.30. The molecule has 1 aromatic carbocycles. The standard InChI is InChI=1S/C11H16N4O4S2/c12-14-9-4-1-5-10(11(9)15(16)17)21(18,19)13-7-8-3-2-6-20-8/h1,4-5,8,13-14H,2-3,6-7,12H2. The van der Waals surface area contributed by atoms with Crippen LogP contribution in [0.3, 0.4) is 0 Å². The van der Waals surface area contributed by atoms with Gasteiger partial charge in [-0.2, -0.15) is 11.8 Å². The van der Waals surface area contributed by atoms with Crippen molar-refractivity contribution in [3.63, 3.8) is 0 Å². The highest BCUT2D eigenvalue weighted by molar-refractivity contribution is 8.00. The van der Waals surface area contributed by atoms with Crippen molar-refractivity contribution in [1.29, 1.82) is 0 Å². The van der Waals surface area contributed by atoms with Crippen molar-refractivity contribution in [3.05, 3.63) is 28.3 Å². The van der Waals surface area contributed by atoms with E-state index >= 15 is 0 Å². The van der Waals surface area contributed by atoms with Crippen LogP contribution >= 0.6 is 11.8 Å². The van der Waals surface area contributed by atoms with Gasteiger partial charge in [0.05, 0.1) is 4.92 Å². The summed E-state index contributed by atoms with van der Waals surface area (Å²) >= 11 is 1.70. The number of anilines is 1. The number of para-hydroxylation sites is 1. The molecule has 0 spiro atoms. The molecular formula is C11H16N4O4S2. The summed E-state index contributed by atoms with van der Waals surface area (Å²) in [7, 11) is -3.96. The molecule has 1 heterocycles. The van der Waals surface area contributed by atoms with Crippen LogP contribution in [-0.4, -0.2) is 30.9 Å². The van der Waals surface area contributed by atoms with Gasteiger partial charge in [-0.25, -0.2) is 13.1 Å². The maximum Gasteiger partial charge on any atom is 0.313 e. The monoisotopic (exact) mass is 332 g/mol. The third-order valence-electron chi connectivity index (χ3n) is 3.15. The van der Waals surface area contributed by atoms with E-state index in [9.17, 15) is 18.5 Å². The van der Waals surface area contributed by atoms with Crippen molar-refractivity contribution < 1.29 is 13.3 Å². The molecule has 1 fully saturated rings. The first-order valence-electron chi connectivity index (χ1n) is 6.31. The van der Waals surface area contributed by atoms with Crippen LogP contribution in [0.1, 0.15) is 12.8 Å². The van der Waals surface area contributed by atoms with Crippen molar-refractivity contribution in [2.24, 2.45) is 5.84 Å². The predicted octanol–water partition coefficient (Wildman–Crippen LogP) is 1.05. The van der Waals surface area contributed by atoms with Crippen LogP contribution in [0.2, 0.25) is 0 Å². The Kier molecular flexibility index (Phi) is 5.04. The zero-order chi connectivity index (χ0) is 15.5.